The Morgan fingerprint density at radius 1 is 1.38 bits per heavy atom. The first-order chi connectivity index (χ1) is 15.1. The van der Waals surface area contributed by atoms with E-state index in [0.29, 0.717) is 33.5 Å². The first-order valence-electron chi connectivity index (χ1n) is 10.0. The molecule has 0 saturated carbocycles. The minimum absolute atomic E-state index is 0.0513. The van der Waals surface area contributed by atoms with Crippen LogP contribution in [0.3, 0.4) is 0 Å². The summed E-state index contributed by atoms with van der Waals surface area (Å²) in [4.78, 5) is 15.9. The van der Waals surface area contributed by atoms with Gasteiger partial charge in [0.2, 0.25) is 0 Å². The highest BCUT2D eigenvalue weighted by atomic mass is 19.1. The van der Waals surface area contributed by atoms with Gasteiger partial charge < -0.3 is 9.67 Å². The van der Waals surface area contributed by atoms with E-state index >= 15 is 4.39 Å². The predicted octanol–water partition coefficient (Wildman–Crippen LogP) is 5.03. The molecule has 4 aromatic rings. The van der Waals surface area contributed by atoms with Gasteiger partial charge in [-0.05, 0) is 36.8 Å². The number of carboxylic acid groups (broad SMARTS) is 1. The number of halogens is 2. The maximum atomic E-state index is 15.5. The van der Waals surface area contributed by atoms with Gasteiger partial charge in [-0.15, -0.1) is 0 Å². The fourth-order valence-corrected chi connectivity index (χ4v) is 4.13. The second-order valence-corrected chi connectivity index (χ2v) is 8.48. The highest BCUT2D eigenvalue weighted by Gasteiger charge is 2.36. The normalized spacial score (nSPS) is 12.9. The fraction of sp³-hybridized carbons (Fsp3) is 0.304. The zero-order valence-corrected chi connectivity index (χ0v) is 17.8. The molecule has 2 N–H and O–H groups in total. The van der Waals surface area contributed by atoms with E-state index in [1.165, 1.54) is 6.07 Å². The number of aromatic nitrogens is 4. The molecule has 1 aromatic carbocycles. The van der Waals surface area contributed by atoms with Crippen molar-refractivity contribution in [2.45, 2.75) is 45.2 Å². The molecule has 0 radical (unpaired) electrons. The van der Waals surface area contributed by atoms with Crippen LogP contribution in [-0.2, 0) is 10.2 Å². The number of aliphatic carboxylic acids is 1. The number of alkyl halides is 1. The van der Waals surface area contributed by atoms with Gasteiger partial charge in [-0.2, -0.15) is 10.4 Å². The number of rotatable bonds is 6. The van der Waals surface area contributed by atoms with E-state index in [0.717, 1.165) is 0 Å². The summed E-state index contributed by atoms with van der Waals surface area (Å²) in [6.45, 7) is 5.21. The van der Waals surface area contributed by atoms with Crippen LogP contribution in [0.2, 0.25) is 0 Å². The van der Waals surface area contributed by atoms with Gasteiger partial charge in [0, 0.05) is 34.2 Å². The number of H-pyrrole nitrogens is 1. The SMILES string of the molecule is Cc1cc(-n2c(C(C)(C)CC#N)c([C@@H](F)CC(=O)O)c3nc4[nH]ncc4cc32)ccc1F. The van der Waals surface area contributed by atoms with Gasteiger partial charge in [-0.25, -0.2) is 13.8 Å². The molecule has 7 nitrogen and oxygen atoms in total. The molecule has 0 fully saturated rings. The summed E-state index contributed by atoms with van der Waals surface area (Å²) >= 11 is 0. The Balaban J connectivity index is 2.18. The maximum absolute atomic E-state index is 15.5. The maximum Gasteiger partial charge on any atom is 0.306 e. The summed E-state index contributed by atoms with van der Waals surface area (Å²) in [6.07, 6.45) is -0.979. The standard InChI is InChI=1S/C23H21F2N5O2/c1-12-8-14(4-5-15(12)24)30-17-9-13-11-27-29-22(13)28-20(17)19(16(25)10-18(31)32)21(30)23(2,3)6-7-26/h4-5,8-9,11,16H,6,10H2,1-3H3,(H,31,32)(H,27,28,29)/t16-/m0/s1. The van der Waals surface area contributed by atoms with Crippen LogP contribution in [0.5, 0.6) is 0 Å². The van der Waals surface area contributed by atoms with Gasteiger partial charge in [-0.1, -0.05) is 13.8 Å². The molecule has 0 bridgehead atoms. The molecule has 0 amide bonds. The van der Waals surface area contributed by atoms with Crippen molar-refractivity contribution in [2.24, 2.45) is 0 Å². The first-order valence-corrected chi connectivity index (χ1v) is 10.0. The number of hydrogen-bond acceptors (Lipinski definition) is 4. The Kier molecular flexibility index (Phi) is 5.17. The minimum Gasteiger partial charge on any atom is -0.481 e. The summed E-state index contributed by atoms with van der Waals surface area (Å²) in [5, 5.41) is 26.1. The number of fused-ring (bicyclic) bond motifs is 2. The summed E-state index contributed by atoms with van der Waals surface area (Å²) in [7, 11) is 0. The number of carbonyl (C=O) groups is 1. The van der Waals surface area contributed by atoms with Crippen LogP contribution in [0, 0.1) is 24.1 Å². The number of carboxylic acids is 1. The van der Waals surface area contributed by atoms with Crippen LogP contribution in [-0.4, -0.2) is 30.8 Å². The van der Waals surface area contributed by atoms with Crippen molar-refractivity contribution in [3.8, 4) is 11.8 Å². The number of benzene rings is 1. The topological polar surface area (TPSA) is 108 Å². The number of nitrogens with zero attached hydrogens (tertiary/aromatic N) is 4. The number of pyridine rings is 1. The van der Waals surface area contributed by atoms with E-state index in [1.54, 1.807) is 49.7 Å². The van der Waals surface area contributed by atoms with Crippen molar-refractivity contribution in [3.05, 3.63) is 53.1 Å². The van der Waals surface area contributed by atoms with Crippen LogP contribution in [0.1, 0.15) is 49.7 Å². The number of hydrogen-bond donors (Lipinski definition) is 2. The fourth-order valence-electron chi connectivity index (χ4n) is 4.13. The van der Waals surface area contributed by atoms with Crippen LogP contribution < -0.4 is 0 Å². The quantitative estimate of drug-likeness (QED) is 0.440. The van der Waals surface area contributed by atoms with E-state index in [9.17, 15) is 19.6 Å². The lowest BCUT2D eigenvalue weighted by Crippen LogP contribution is -2.23. The van der Waals surface area contributed by atoms with Gasteiger partial charge >= 0.3 is 5.97 Å². The molecule has 164 valence electrons. The van der Waals surface area contributed by atoms with Gasteiger partial charge in [0.05, 0.1) is 29.7 Å². The molecule has 0 aliphatic rings. The third-order valence-electron chi connectivity index (χ3n) is 5.61. The zero-order valence-electron chi connectivity index (χ0n) is 17.8. The van der Waals surface area contributed by atoms with Crippen molar-refractivity contribution in [1.82, 2.24) is 19.7 Å². The molecule has 3 heterocycles. The minimum atomic E-state index is -1.86. The lowest BCUT2D eigenvalue weighted by Gasteiger charge is -2.27. The molecule has 3 aromatic heterocycles. The van der Waals surface area contributed by atoms with E-state index in [-0.39, 0.29) is 23.3 Å². The molecule has 9 heteroatoms. The lowest BCUT2D eigenvalue weighted by atomic mass is 9.82. The number of aromatic amines is 1. The molecule has 1 atom stereocenters. The molecule has 0 aliphatic carbocycles. The molecular weight excluding hydrogens is 416 g/mol. The van der Waals surface area contributed by atoms with E-state index in [4.69, 9.17) is 0 Å². The largest absolute Gasteiger partial charge is 0.481 e. The van der Waals surface area contributed by atoms with E-state index in [1.807, 2.05) is 0 Å². The monoisotopic (exact) mass is 437 g/mol. The molecule has 32 heavy (non-hydrogen) atoms. The Morgan fingerprint density at radius 3 is 2.78 bits per heavy atom. The average molecular weight is 437 g/mol. The lowest BCUT2D eigenvalue weighted by molar-refractivity contribution is -0.138. The summed E-state index contributed by atoms with van der Waals surface area (Å²) in [5.74, 6) is -1.67. The Labute approximate surface area is 182 Å². The highest BCUT2D eigenvalue weighted by Crippen LogP contribution is 2.43. The predicted molar refractivity (Wildman–Crippen MR) is 115 cm³/mol. The van der Waals surface area contributed by atoms with Crippen molar-refractivity contribution in [1.29, 1.82) is 5.26 Å². The number of nitrogens with one attached hydrogen (secondary N) is 1. The molecular formula is C23H21F2N5O2. The third-order valence-corrected chi connectivity index (χ3v) is 5.61. The van der Waals surface area contributed by atoms with Gasteiger partial charge in [-0.3, -0.25) is 9.89 Å². The Hall–Kier alpha value is -3.80. The van der Waals surface area contributed by atoms with Crippen molar-refractivity contribution in [2.75, 3.05) is 0 Å². The molecule has 4 rings (SSSR count). The third kappa shape index (κ3) is 3.47. The van der Waals surface area contributed by atoms with Crippen molar-refractivity contribution >= 4 is 28.0 Å². The molecule has 0 unspecified atom stereocenters. The van der Waals surface area contributed by atoms with Crippen LogP contribution in [0.4, 0.5) is 8.78 Å². The Bertz CT molecular complexity index is 1400. The smallest absolute Gasteiger partial charge is 0.306 e. The van der Waals surface area contributed by atoms with Crippen LogP contribution >= 0.6 is 0 Å². The van der Waals surface area contributed by atoms with Crippen molar-refractivity contribution in [3.63, 3.8) is 0 Å². The van der Waals surface area contributed by atoms with Crippen molar-refractivity contribution < 1.29 is 18.7 Å². The van der Waals surface area contributed by atoms with Crippen LogP contribution in [0.15, 0.2) is 30.5 Å². The molecule has 0 spiro atoms. The van der Waals surface area contributed by atoms with Gasteiger partial charge in [0.15, 0.2) is 5.65 Å². The number of nitriles is 1. The highest BCUT2D eigenvalue weighted by molar-refractivity contribution is 5.94. The van der Waals surface area contributed by atoms with Gasteiger partial charge in [0.25, 0.3) is 0 Å². The Morgan fingerprint density at radius 2 is 2.12 bits per heavy atom. The average Bonchev–Trinajstić information content (AvgIpc) is 3.29. The summed E-state index contributed by atoms with van der Waals surface area (Å²) in [5.41, 5.74) is 1.87. The number of aryl methyl sites for hydroxylation is 1. The van der Waals surface area contributed by atoms with E-state index in [2.05, 4.69) is 21.3 Å². The second kappa shape index (κ2) is 7.71. The van der Waals surface area contributed by atoms with Gasteiger partial charge in [0.1, 0.15) is 12.0 Å². The zero-order chi connectivity index (χ0) is 23.2. The molecule has 0 aliphatic heterocycles. The second-order valence-electron chi connectivity index (χ2n) is 8.48. The van der Waals surface area contributed by atoms with Crippen LogP contribution in [0.25, 0.3) is 27.8 Å². The van der Waals surface area contributed by atoms with E-state index < -0.39 is 24.0 Å². The summed E-state index contributed by atoms with van der Waals surface area (Å²) in [6, 6.07) is 8.45. The molecule has 0 saturated heterocycles. The summed E-state index contributed by atoms with van der Waals surface area (Å²) < 4.78 is 31.3. The first kappa shape index (κ1) is 21.4.